The summed E-state index contributed by atoms with van der Waals surface area (Å²) in [6.07, 6.45) is 0.565. The minimum Gasteiger partial charge on any atom is -0.344 e. The molecule has 0 bridgehead atoms. The highest BCUT2D eigenvalue weighted by molar-refractivity contribution is 8.67. The quantitative estimate of drug-likeness (QED) is 0.368. The van der Waals surface area contributed by atoms with Crippen LogP contribution in [0.5, 0.6) is 0 Å². The number of anilines is 2. The van der Waals surface area contributed by atoms with E-state index < -0.39 is 27.9 Å². The van der Waals surface area contributed by atoms with Crippen molar-refractivity contribution in [3.05, 3.63) is 48.5 Å². The van der Waals surface area contributed by atoms with E-state index >= 15 is 0 Å². The van der Waals surface area contributed by atoms with Crippen molar-refractivity contribution in [2.45, 2.75) is 18.4 Å². The number of halogens is 1. The van der Waals surface area contributed by atoms with Gasteiger partial charge < -0.3 is 9.47 Å². The number of fused-ring (bicyclic) bond motifs is 1. The Morgan fingerprint density at radius 2 is 1.51 bits per heavy atom. The van der Waals surface area contributed by atoms with Crippen molar-refractivity contribution >= 4 is 63.0 Å². The molecule has 0 saturated heterocycles. The molecule has 0 saturated carbocycles. The highest BCUT2D eigenvalue weighted by atomic mass is 35.5. The number of aromatic nitrogens is 2. The van der Waals surface area contributed by atoms with Crippen molar-refractivity contribution in [2.75, 3.05) is 43.1 Å². The van der Waals surface area contributed by atoms with E-state index in [4.69, 9.17) is 0 Å². The second-order valence-corrected chi connectivity index (χ2v) is 15.4. The summed E-state index contributed by atoms with van der Waals surface area (Å²) in [4.78, 5) is 6.49. The Kier molecular flexibility index (Phi) is 8.82. The lowest BCUT2D eigenvalue weighted by atomic mass is 10.3. The number of imidazole rings is 1. The highest BCUT2D eigenvalue weighted by Crippen LogP contribution is 2.23. The van der Waals surface area contributed by atoms with Gasteiger partial charge in [-0.2, -0.15) is 12.7 Å². The topological polar surface area (TPSA) is 139 Å². The van der Waals surface area contributed by atoms with E-state index in [1.54, 1.807) is 0 Å². The van der Waals surface area contributed by atoms with Gasteiger partial charge in [-0.25, -0.2) is 21.8 Å². The van der Waals surface area contributed by atoms with Crippen LogP contribution in [0.15, 0.2) is 53.4 Å². The van der Waals surface area contributed by atoms with Gasteiger partial charge in [0.1, 0.15) is 0 Å². The zero-order chi connectivity index (χ0) is 25.3. The fraction of sp³-hybridized carbons (Fsp3) is 0.350. The SMILES string of the molecule is CCn1c(N(C)CCN(C)S(=O)(=O)c2ccc(NS(=O)(=O)S(C)(=O)=O)cc2)nc2ccccc21.Cl. The average molecular weight is 566 g/mol. The van der Waals surface area contributed by atoms with E-state index in [0.29, 0.717) is 19.3 Å². The van der Waals surface area contributed by atoms with Crippen LogP contribution in [0.3, 0.4) is 0 Å². The third-order valence-corrected chi connectivity index (χ3v) is 11.0. The third-order valence-electron chi connectivity index (χ3n) is 5.25. The number of hydrogen-bond donors (Lipinski definition) is 1. The Balaban J connectivity index is 0.00000432. The number of sulfonamides is 1. The molecule has 3 aromatic rings. The molecule has 0 spiro atoms. The maximum Gasteiger partial charge on any atom is 0.338 e. The van der Waals surface area contributed by atoms with E-state index in [0.717, 1.165) is 17.0 Å². The summed E-state index contributed by atoms with van der Waals surface area (Å²) in [6.45, 7) is 3.28. The second kappa shape index (κ2) is 10.7. The minimum absolute atomic E-state index is 0. The molecule has 0 aliphatic rings. The number of hydrogen-bond acceptors (Lipinski definition) is 8. The first-order valence-corrected chi connectivity index (χ1v) is 15.6. The van der Waals surface area contributed by atoms with Crippen LogP contribution in [0, 0.1) is 0 Å². The molecule has 0 atom stereocenters. The average Bonchev–Trinajstić information content (AvgIpc) is 3.15. The predicted molar refractivity (Wildman–Crippen MR) is 140 cm³/mol. The van der Waals surface area contributed by atoms with Gasteiger partial charge in [-0.1, -0.05) is 12.1 Å². The van der Waals surface area contributed by atoms with Crippen molar-refractivity contribution in [3.63, 3.8) is 0 Å². The van der Waals surface area contributed by atoms with Crippen LogP contribution in [0.25, 0.3) is 11.0 Å². The maximum absolute atomic E-state index is 13.0. The molecule has 15 heteroatoms. The molecule has 0 unspecified atom stereocenters. The molecule has 3 rings (SSSR count). The normalized spacial score (nSPS) is 12.5. The standard InChI is InChI=1S/C20H27N5O6S3.ClH/c1-5-25-19-9-7-6-8-18(19)21-20(25)23(2)14-15-24(3)33(28,29)17-12-10-16(11-13-17)22-34(30,31)32(4,26)27;/h6-13,22H,5,14-15H2,1-4H3;1H. The molecular weight excluding hydrogens is 538 g/mol. The summed E-state index contributed by atoms with van der Waals surface area (Å²) in [6, 6.07) is 12.6. The smallest absolute Gasteiger partial charge is 0.338 e. The lowest BCUT2D eigenvalue weighted by Gasteiger charge is -2.23. The minimum atomic E-state index is -4.63. The fourth-order valence-electron chi connectivity index (χ4n) is 3.27. The molecular formula is C20H28ClN5O6S3. The van der Waals surface area contributed by atoms with E-state index in [1.165, 1.54) is 35.6 Å². The van der Waals surface area contributed by atoms with Gasteiger partial charge in [0.15, 0.2) is 0 Å². The summed E-state index contributed by atoms with van der Waals surface area (Å²) in [7, 11) is -9.58. The molecule has 0 radical (unpaired) electrons. The first kappa shape index (κ1) is 28.8. The summed E-state index contributed by atoms with van der Waals surface area (Å²) < 4.78 is 77.2. The lowest BCUT2D eigenvalue weighted by molar-refractivity contribution is 0.472. The van der Waals surface area contributed by atoms with Crippen molar-refractivity contribution < 1.29 is 25.3 Å². The van der Waals surface area contributed by atoms with Gasteiger partial charge in [0.2, 0.25) is 16.0 Å². The summed E-state index contributed by atoms with van der Waals surface area (Å²) >= 11 is 0. The highest BCUT2D eigenvalue weighted by Gasteiger charge is 2.25. The van der Waals surface area contributed by atoms with Crippen LogP contribution < -0.4 is 9.62 Å². The molecule has 1 N–H and O–H groups in total. The first-order valence-electron chi connectivity index (χ1n) is 10.2. The molecule has 0 aliphatic heterocycles. The van der Waals surface area contributed by atoms with E-state index in [2.05, 4.69) is 9.55 Å². The Bertz CT molecular complexity index is 1500. The first-order chi connectivity index (χ1) is 15.8. The second-order valence-electron chi connectivity index (χ2n) is 7.68. The van der Waals surface area contributed by atoms with Crippen LogP contribution in [-0.4, -0.2) is 72.6 Å². The summed E-state index contributed by atoms with van der Waals surface area (Å²) in [5.41, 5.74) is 1.79. The van der Waals surface area contributed by atoms with E-state index in [9.17, 15) is 25.3 Å². The monoisotopic (exact) mass is 565 g/mol. The van der Waals surface area contributed by atoms with E-state index in [1.807, 2.05) is 47.9 Å². The van der Waals surface area contributed by atoms with Crippen LogP contribution in [0.4, 0.5) is 11.6 Å². The zero-order valence-corrected chi connectivity index (χ0v) is 22.9. The predicted octanol–water partition coefficient (Wildman–Crippen LogP) is 1.94. The maximum atomic E-state index is 13.0. The summed E-state index contributed by atoms with van der Waals surface area (Å²) in [5, 5.41) is 0. The van der Waals surface area contributed by atoms with Crippen molar-refractivity contribution in [3.8, 4) is 0 Å². The number of nitrogens with zero attached hydrogens (tertiary/aromatic N) is 4. The molecule has 0 fully saturated rings. The van der Waals surface area contributed by atoms with Gasteiger partial charge in [0.05, 0.1) is 22.2 Å². The number of rotatable bonds is 10. The van der Waals surface area contributed by atoms with Gasteiger partial charge in [0.25, 0.3) is 8.87 Å². The molecule has 2 aromatic carbocycles. The zero-order valence-electron chi connectivity index (χ0n) is 19.6. The van der Waals surface area contributed by atoms with Gasteiger partial charge >= 0.3 is 9.06 Å². The molecule has 0 amide bonds. The van der Waals surface area contributed by atoms with Crippen molar-refractivity contribution in [2.24, 2.45) is 0 Å². The Hall–Kier alpha value is -2.39. The van der Waals surface area contributed by atoms with Crippen LogP contribution >= 0.6 is 12.4 Å². The summed E-state index contributed by atoms with van der Waals surface area (Å²) in [5.74, 6) is 0.733. The van der Waals surface area contributed by atoms with Gasteiger partial charge in [-0.05, 0) is 43.3 Å². The lowest BCUT2D eigenvalue weighted by Crippen LogP contribution is -2.35. The Labute approximate surface area is 211 Å². The number of aryl methyl sites for hydroxylation is 1. The van der Waals surface area contributed by atoms with Gasteiger partial charge in [-0.3, -0.25) is 4.72 Å². The van der Waals surface area contributed by atoms with Crippen LogP contribution in [0.1, 0.15) is 6.92 Å². The molecule has 35 heavy (non-hydrogen) atoms. The number of likely N-dealkylation sites (N-methyl/N-ethyl adjacent to an activating group) is 2. The van der Waals surface area contributed by atoms with Crippen molar-refractivity contribution in [1.82, 2.24) is 13.9 Å². The molecule has 1 aromatic heterocycles. The third kappa shape index (κ3) is 6.06. The van der Waals surface area contributed by atoms with Crippen molar-refractivity contribution in [1.29, 1.82) is 0 Å². The largest absolute Gasteiger partial charge is 0.344 e. The van der Waals surface area contributed by atoms with Crippen LogP contribution in [-0.2, 0) is 34.5 Å². The van der Waals surface area contributed by atoms with Gasteiger partial charge in [-0.15, -0.1) is 12.4 Å². The Morgan fingerprint density at radius 1 is 0.914 bits per heavy atom. The molecule has 0 aliphatic carbocycles. The molecule has 194 valence electrons. The van der Waals surface area contributed by atoms with E-state index in [-0.39, 0.29) is 29.5 Å². The number of nitrogens with one attached hydrogen (secondary N) is 1. The number of para-hydroxylation sites is 2. The van der Waals surface area contributed by atoms with Gasteiger partial charge in [0, 0.05) is 39.4 Å². The number of benzene rings is 2. The molecule has 1 heterocycles. The molecule has 11 nitrogen and oxygen atoms in total. The Morgan fingerprint density at radius 3 is 2.09 bits per heavy atom. The fourth-order valence-corrected chi connectivity index (χ4v) is 5.75. The van der Waals surface area contributed by atoms with Crippen LogP contribution in [0.2, 0.25) is 0 Å².